The molecule has 0 aliphatic heterocycles. The van der Waals surface area contributed by atoms with Crippen molar-refractivity contribution in [3.8, 4) is 0 Å². The van der Waals surface area contributed by atoms with E-state index in [2.05, 4.69) is 4.74 Å². The molecule has 0 heterocycles. The molecule has 3 nitrogen and oxygen atoms in total. The summed E-state index contributed by atoms with van der Waals surface area (Å²) in [5.41, 5.74) is 0. The van der Waals surface area contributed by atoms with Crippen LogP contribution >= 0.6 is 0 Å². The predicted molar refractivity (Wildman–Crippen MR) is 56.4 cm³/mol. The van der Waals surface area contributed by atoms with Crippen LogP contribution in [0.5, 0.6) is 0 Å². The highest BCUT2D eigenvalue weighted by Crippen LogP contribution is 1.60. The lowest BCUT2D eigenvalue weighted by atomic mass is 10.8. The first kappa shape index (κ1) is 43.4. The molecule has 0 aromatic rings. The van der Waals surface area contributed by atoms with Gasteiger partial charge in [0.1, 0.15) is 6.29 Å². The van der Waals surface area contributed by atoms with Crippen LogP contribution in [0, 0.1) is 0 Å². The number of esters is 1. The molecule has 0 rings (SSSR count). The molecule has 0 spiro atoms. The van der Waals surface area contributed by atoms with Crippen LogP contribution in [-0.2, 0) is 14.3 Å². The molecular formula is C9H26O3. The van der Waals surface area contributed by atoms with Gasteiger partial charge in [0.25, 0.3) is 0 Å². The molecular weight excluding hydrogens is 156 g/mol. The Bertz CT molecular complexity index is 70.2. The highest BCUT2D eigenvalue weighted by Gasteiger charge is 1.75. The fraction of sp³-hybridized carbons (Fsp3) is 0.778. The van der Waals surface area contributed by atoms with Crippen LogP contribution < -0.4 is 0 Å². The minimum atomic E-state index is -0.245. The zero-order valence-corrected chi connectivity index (χ0v) is 5.30. The number of hydrogen-bond acceptors (Lipinski definition) is 3. The summed E-state index contributed by atoms with van der Waals surface area (Å²) in [6.07, 6.45) is 0.750. The van der Waals surface area contributed by atoms with Crippen molar-refractivity contribution in [1.29, 1.82) is 0 Å². The number of carbonyl (C=O) groups is 2. The average Bonchev–Trinajstić information content (AvgIpc) is 1.69. The molecule has 0 unspecified atom stereocenters. The molecule has 0 fully saturated rings. The van der Waals surface area contributed by atoms with E-state index in [4.69, 9.17) is 4.79 Å². The number of methoxy groups -OCH3 is 1. The Kier molecular flexibility index (Phi) is 179. The van der Waals surface area contributed by atoms with Gasteiger partial charge in [-0.15, -0.1) is 0 Å². The zero-order chi connectivity index (χ0) is 6.99. The number of aldehydes is 1. The van der Waals surface area contributed by atoms with Gasteiger partial charge in [-0.1, -0.05) is 29.7 Å². The van der Waals surface area contributed by atoms with E-state index < -0.39 is 0 Å². The van der Waals surface area contributed by atoms with Gasteiger partial charge in [-0.2, -0.15) is 0 Å². The summed E-state index contributed by atoms with van der Waals surface area (Å²) in [7, 11) is 1.35. The van der Waals surface area contributed by atoms with E-state index >= 15 is 0 Å². The maximum absolute atomic E-state index is 9.59. The second-order valence-electron chi connectivity index (χ2n) is 0.931. The third-order valence-corrected chi connectivity index (χ3v) is 0.287. The van der Waals surface area contributed by atoms with Gasteiger partial charge >= 0.3 is 5.97 Å². The highest BCUT2D eigenvalue weighted by atomic mass is 16.5. The average molecular weight is 182 g/mol. The van der Waals surface area contributed by atoms with Crippen molar-refractivity contribution >= 4 is 12.3 Å². The number of rotatable bonds is 0. The van der Waals surface area contributed by atoms with E-state index in [0.29, 0.717) is 0 Å². The van der Waals surface area contributed by atoms with Gasteiger partial charge in [-0.25, -0.2) is 0 Å². The minimum absolute atomic E-state index is 0. The zero-order valence-electron chi connectivity index (χ0n) is 5.30. The van der Waals surface area contributed by atoms with Gasteiger partial charge in [0.05, 0.1) is 7.11 Å². The molecule has 0 radical (unpaired) electrons. The molecule has 12 heavy (non-hydrogen) atoms. The van der Waals surface area contributed by atoms with E-state index in [0.717, 1.165) is 6.29 Å². The summed E-state index contributed by atoms with van der Waals surface area (Å²) in [5.74, 6) is -0.245. The second kappa shape index (κ2) is 49.4. The molecule has 0 saturated heterocycles. The third kappa shape index (κ3) is 466. The molecule has 0 aromatic heterocycles. The summed E-state index contributed by atoms with van der Waals surface area (Å²) in [4.78, 5) is 18.4. The third-order valence-electron chi connectivity index (χ3n) is 0.287. The molecule has 0 aliphatic carbocycles. The smallest absolute Gasteiger partial charge is 0.302 e. The van der Waals surface area contributed by atoms with Crippen molar-refractivity contribution in [1.82, 2.24) is 0 Å². The van der Waals surface area contributed by atoms with Crippen molar-refractivity contribution in [3.63, 3.8) is 0 Å². The van der Waals surface area contributed by atoms with Crippen LogP contribution in [0.2, 0.25) is 0 Å². The molecule has 0 amide bonds. The first-order valence-corrected chi connectivity index (χ1v) is 2.13. The van der Waals surface area contributed by atoms with Crippen LogP contribution in [-0.4, -0.2) is 19.4 Å². The van der Waals surface area contributed by atoms with Crippen LogP contribution in [0.4, 0.5) is 0 Å². The molecule has 0 bridgehead atoms. The van der Waals surface area contributed by atoms with Crippen molar-refractivity contribution < 1.29 is 14.3 Å². The Morgan fingerprint density at radius 2 is 1.25 bits per heavy atom. The van der Waals surface area contributed by atoms with Gasteiger partial charge in [-0.05, 0) is 6.92 Å². The van der Waals surface area contributed by atoms with Crippen LogP contribution in [0.1, 0.15) is 43.6 Å². The predicted octanol–water partition coefficient (Wildman–Crippen LogP) is 2.93. The van der Waals surface area contributed by atoms with Crippen molar-refractivity contribution in [2.45, 2.75) is 43.6 Å². The first-order chi connectivity index (χ1) is 3.68. The van der Waals surface area contributed by atoms with E-state index in [1.165, 1.54) is 21.0 Å². The lowest BCUT2D eigenvalue weighted by Gasteiger charge is -1.80. The molecule has 80 valence electrons. The number of ether oxygens (including phenoxy) is 1. The molecule has 3 heteroatoms. The van der Waals surface area contributed by atoms with Crippen molar-refractivity contribution in [3.05, 3.63) is 0 Å². The van der Waals surface area contributed by atoms with Crippen LogP contribution in [0.15, 0.2) is 0 Å². The number of carbonyl (C=O) groups excluding carboxylic acids is 2. The Balaban J connectivity index is -0.0000000119. The van der Waals surface area contributed by atoms with E-state index in [-0.39, 0.29) is 35.7 Å². The SMILES string of the molecule is C.C.C.C.CC=O.COC(C)=O. The lowest BCUT2D eigenvalue weighted by molar-refractivity contribution is -0.137. The Hall–Kier alpha value is -0.860. The number of hydrogen-bond donors (Lipinski definition) is 0. The Morgan fingerprint density at radius 3 is 1.25 bits per heavy atom. The normalized spacial score (nSPS) is 3.92. The summed E-state index contributed by atoms with van der Waals surface area (Å²) in [6, 6.07) is 0. The molecule has 0 atom stereocenters. The maximum Gasteiger partial charge on any atom is 0.302 e. The summed E-state index contributed by atoms with van der Waals surface area (Å²) in [6.45, 7) is 2.81. The largest absolute Gasteiger partial charge is 0.469 e. The fourth-order valence-electron chi connectivity index (χ4n) is 0. The van der Waals surface area contributed by atoms with Gasteiger partial charge in [0.15, 0.2) is 0 Å². The highest BCUT2D eigenvalue weighted by molar-refractivity contribution is 5.65. The Morgan fingerprint density at radius 1 is 1.17 bits per heavy atom. The van der Waals surface area contributed by atoms with Crippen molar-refractivity contribution in [2.24, 2.45) is 0 Å². The Labute approximate surface area is 78.1 Å². The molecule has 0 N–H and O–H groups in total. The lowest BCUT2D eigenvalue weighted by Crippen LogP contribution is -1.88. The minimum Gasteiger partial charge on any atom is -0.469 e. The van der Waals surface area contributed by atoms with Gasteiger partial charge in [0.2, 0.25) is 0 Å². The summed E-state index contributed by atoms with van der Waals surface area (Å²) >= 11 is 0. The maximum atomic E-state index is 9.59. The van der Waals surface area contributed by atoms with Gasteiger partial charge < -0.3 is 9.53 Å². The van der Waals surface area contributed by atoms with Gasteiger partial charge in [-0.3, -0.25) is 4.79 Å². The van der Waals surface area contributed by atoms with E-state index in [1.807, 2.05) is 0 Å². The van der Waals surface area contributed by atoms with E-state index in [9.17, 15) is 4.79 Å². The quantitative estimate of drug-likeness (QED) is 0.427. The summed E-state index contributed by atoms with van der Waals surface area (Å²) in [5, 5.41) is 0. The van der Waals surface area contributed by atoms with E-state index in [1.54, 1.807) is 0 Å². The van der Waals surface area contributed by atoms with Crippen molar-refractivity contribution in [2.75, 3.05) is 7.11 Å². The molecule has 0 saturated carbocycles. The fourth-order valence-corrected chi connectivity index (χ4v) is 0. The van der Waals surface area contributed by atoms with Crippen LogP contribution in [0.25, 0.3) is 0 Å². The second-order valence-corrected chi connectivity index (χ2v) is 0.931. The molecule has 0 aliphatic rings. The van der Waals surface area contributed by atoms with Gasteiger partial charge in [0, 0.05) is 6.92 Å². The standard InChI is InChI=1S/C3H6O2.C2H4O.4CH4/c1-3(4)5-2;1-2-3;;;;/h1-2H3;2H,1H3;4*1H4. The summed E-state index contributed by atoms with van der Waals surface area (Å²) < 4.78 is 4.11. The molecule has 0 aromatic carbocycles. The topological polar surface area (TPSA) is 43.4 Å². The monoisotopic (exact) mass is 182 g/mol. The first-order valence-electron chi connectivity index (χ1n) is 2.13. The van der Waals surface area contributed by atoms with Crippen LogP contribution in [0.3, 0.4) is 0 Å².